The quantitative estimate of drug-likeness (QED) is 0.449. The largest absolute Gasteiger partial charge is 0.393 e. The van der Waals surface area contributed by atoms with Crippen LogP contribution < -0.4 is 0 Å². The van der Waals surface area contributed by atoms with Gasteiger partial charge in [0, 0.05) is 13.7 Å². The number of allylic oxidation sites excluding steroid dienone is 1. The van der Waals surface area contributed by atoms with E-state index >= 15 is 0 Å². The van der Waals surface area contributed by atoms with Gasteiger partial charge in [0.1, 0.15) is 0 Å². The number of ether oxygens (including phenoxy) is 1. The number of hydrogen-bond acceptors (Lipinski definition) is 2. The molecule has 0 radical (unpaired) electrons. The minimum Gasteiger partial charge on any atom is -0.393 e. The van der Waals surface area contributed by atoms with Crippen LogP contribution >= 0.6 is 0 Å². The summed E-state index contributed by atoms with van der Waals surface area (Å²) in [5.74, 6) is 3.59. The fourth-order valence-corrected chi connectivity index (χ4v) is 3.63. The highest BCUT2D eigenvalue weighted by molar-refractivity contribution is 4.79. The van der Waals surface area contributed by atoms with Gasteiger partial charge in [0.15, 0.2) is 0 Å². The zero-order valence-electron chi connectivity index (χ0n) is 16.7. The highest BCUT2D eigenvalue weighted by Crippen LogP contribution is 2.32. The molecule has 1 N–H and O–H groups in total. The summed E-state index contributed by atoms with van der Waals surface area (Å²) in [6.45, 7) is 18.4. The molecule has 0 amide bonds. The van der Waals surface area contributed by atoms with Crippen LogP contribution in [0.3, 0.4) is 0 Å². The Morgan fingerprint density at radius 1 is 0.913 bits per heavy atom. The zero-order chi connectivity index (χ0) is 18.0. The van der Waals surface area contributed by atoms with Crippen molar-refractivity contribution in [3.05, 3.63) is 12.7 Å². The summed E-state index contributed by atoms with van der Waals surface area (Å²) in [4.78, 5) is 0. The van der Waals surface area contributed by atoms with E-state index in [1.54, 1.807) is 7.11 Å². The lowest BCUT2D eigenvalue weighted by Gasteiger charge is -2.32. The van der Waals surface area contributed by atoms with Crippen molar-refractivity contribution in [1.82, 2.24) is 0 Å². The monoisotopic (exact) mass is 326 g/mol. The summed E-state index contributed by atoms with van der Waals surface area (Å²) >= 11 is 0. The van der Waals surface area contributed by atoms with Gasteiger partial charge in [0.2, 0.25) is 0 Å². The lowest BCUT2D eigenvalue weighted by atomic mass is 9.75. The second kappa shape index (κ2) is 12.1. The fourth-order valence-electron chi connectivity index (χ4n) is 3.63. The van der Waals surface area contributed by atoms with Gasteiger partial charge in [-0.05, 0) is 61.2 Å². The van der Waals surface area contributed by atoms with Gasteiger partial charge in [-0.25, -0.2) is 0 Å². The highest BCUT2D eigenvalue weighted by Gasteiger charge is 2.25. The number of aliphatic hydroxyl groups excluding tert-OH is 1. The van der Waals surface area contributed by atoms with Crippen molar-refractivity contribution < 1.29 is 9.84 Å². The molecule has 0 spiro atoms. The van der Waals surface area contributed by atoms with Crippen molar-refractivity contribution in [1.29, 1.82) is 0 Å². The minimum atomic E-state index is -0.180. The third-order valence-electron chi connectivity index (χ3n) is 5.90. The molecular weight excluding hydrogens is 284 g/mol. The molecule has 2 nitrogen and oxygen atoms in total. The lowest BCUT2D eigenvalue weighted by Crippen LogP contribution is -2.26. The molecule has 0 saturated carbocycles. The average Bonchev–Trinajstić information content (AvgIpc) is 2.50. The first-order chi connectivity index (χ1) is 10.7. The molecule has 0 aliphatic heterocycles. The molecule has 2 heteroatoms. The van der Waals surface area contributed by atoms with Crippen LogP contribution in [0.4, 0.5) is 0 Å². The second-order valence-corrected chi connectivity index (χ2v) is 8.13. The maximum Gasteiger partial charge on any atom is 0.0545 e. The first-order valence-electron chi connectivity index (χ1n) is 9.52. The van der Waals surface area contributed by atoms with E-state index in [0.717, 1.165) is 32.3 Å². The van der Waals surface area contributed by atoms with Crippen molar-refractivity contribution in [2.24, 2.45) is 35.5 Å². The van der Waals surface area contributed by atoms with Crippen LogP contribution in [0.1, 0.15) is 67.2 Å². The van der Waals surface area contributed by atoms with Crippen molar-refractivity contribution >= 4 is 0 Å². The van der Waals surface area contributed by atoms with Gasteiger partial charge in [-0.15, -0.1) is 6.58 Å². The molecule has 5 unspecified atom stereocenters. The first-order valence-corrected chi connectivity index (χ1v) is 9.52. The molecule has 7 atom stereocenters. The highest BCUT2D eigenvalue weighted by atomic mass is 16.5. The van der Waals surface area contributed by atoms with Gasteiger partial charge in [-0.2, -0.15) is 0 Å². The van der Waals surface area contributed by atoms with Crippen LogP contribution in [0, 0.1) is 35.5 Å². The Balaban J connectivity index is 4.28. The van der Waals surface area contributed by atoms with Crippen LogP contribution in [-0.4, -0.2) is 24.9 Å². The second-order valence-electron chi connectivity index (χ2n) is 8.13. The molecule has 0 aliphatic carbocycles. The Hall–Kier alpha value is -0.340. The van der Waals surface area contributed by atoms with Crippen LogP contribution in [0.2, 0.25) is 0 Å². The summed E-state index contributed by atoms with van der Waals surface area (Å²) in [7, 11) is 1.77. The molecule has 0 rings (SSSR count). The van der Waals surface area contributed by atoms with E-state index < -0.39 is 0 Å². The number of methoxy groups -OCH3 is 1. The zero-order valence-corrected chi connectivity index (χ0v) is 16.7. The van der Waals surface area contributed by atoms with Gasteiger partial charge < -0.3 is 9.84 Å². The third-order valence-corrected chi connectivity index (χ3v) is 5.90. The number of aliphatic hydroxyl groups is 1. The Morgan fingerprint density at radius 3 is 2.00 bits per heavy atom. The van der Waals surface area contributed by atoms with Gasteiger partial charge in [-0.1, -0.05) is 47.6 Å². The molecule has 0 heterocycles. The van der Waals surface area contributed by atoms with Gasteiger partial charge >= 0.3 is 0 Å². The van der Waals surface area contributed by atoms with Crippen molar-refractivity contribution in [3.63, 3.8) is 0 Å². The lowest BCUT2D eigenvalue weighted by molar-refractivity contribution is 0.0847. The molecule has 0 aromatic rings. The SMILES string of the molecule is C=CC(C)C[C@H](C)CC(O)C[C@@H](C)C(C)C(C)C(C)CCOC. The Labute approximate surface area is 145 Å². The number of rotatable bonds is 13. The maximum absolute atomic E-state index is 10.4. The predicted molar refractivity (Wildman–Crippen MR) is 102 cm³/mol. The van der Waals surface area contributed by atoms with E-state index in [0.29, 0.717) is 35.5 Å². The Morgan fingerprint density at radius 2 is 1.48 bits per heavy atom. The smallest absolute Gasteiger partial charge is 0.0545 e. The number of hydrogen-bond donors (Lipinski definition) is 1. The fraction of sp³-hybridized carbons (Fsp3) is 0.905. The normalized spacial score (nSPS) is 21.0. The average molecular weight is 327 g/mol. The summed E-state index contributed by atoms with van der Waals surface area (Å²) in [6.07, 6.45) is 5.89. The molecular formula is C21H42O2. The third kappa shape index (κ3) is 9.52. The Kier molecular flexibility index (Phi) is 11.9. The molecule has 0 aliphatic rings. The Bertz CT molecular complexity index is 302. The summed E-state index contributed by atoms with van der Waals surface area (Å²) in [5.41, 5.74) is 0. The summed E-state index contributed by atoms with van der Waals surface area (Å²) in [6, 6.07) is 0. The van der Waals surface area contributed by atoms with E-state index in [1.165, 1.54) is 0 Å². The molecule has 0 saturated heterocycles. The van der Waals surface area contributed by atoms with Crippen LogP contribution in [0.25, 0.3) is 0 Å². The van der Waals surface area contributed by atoms with Crippen molar-refractivity contribution in [2.45, 2.75) is 73.3 Å². The van der Waals surface area contributed by atoms with Gasteiger partial charge in [0.25, 0.3) is 0 Å². The van der Waals surface area contributed by atoms with Gasteiger partial charge in [-0.3, -0.25) is 0 Å². The minimum absolute atomic E-state index is 0.180. The molecule has 0 bridgehead atoms. The molecule has 0 fully saturated rings. The summed E-state index contributed by atoms with van der Waals surface area (Å²) in [5, 5.41) is 10.4. The predicted octanol–water partition coefficient (Wildman–Crippen LogP) is 5.56. The van der Waals surface area contributed by atoms with E-state index in [2.05, 4.69) is 48.1 Å². The van der Waals surface area contributed by atoms with E-state index in [1.807, 2.05) is 6.08 Å². The molecule has 23 heavy (non-hydrogen) atoms. The molecule has 0 aromatic carbocycles. The van der Waals surface area contributed by atoms with Crippen molar-refractivity contribution in [2.75, 3.05) is 13.7 Å². The van der Waals surface area contributed by atoms with E-state index in [4.69, 9.17) is 4.74 Å². The van der Waals surface area contributed by atoms with Crippen LogP contribution in [0.15, 0.2) is 12.7 Å². The maximum atomic E-state index is 10.4. The van der Waals surface area contributed by atoms with E-state index in [9.17, 15) is 5.11 Å². The van der Waals surface area contributed by atoms with Crippen LogP contribution in [-0.2, 0) is 4.74 Å². The van der Waals surface area contributed by atoms with Crippen molar-refractivity contribution in [3.8, 4) is 0 Å². The van der Waals surface area contributed by atoms with Gasteiger partial charge in [0.05, 0.1) is 6.10 Å². The first kappa shape index (κ1) is 22.7. The van der Waals surface area contributed by atoms with Crippen LogP contribution in [0.5, 0.6) is 0 Å². The molecule has 138 valence electrons. The standard InChI is InChI=1S/C21H42O2/c1-9-15(2)12-16(3)13-21(22)14-18(5)20(7)19(6)17(4)10-11-23-8/h9,15-22H,1,10-14H2,2-8H3/t15?,16-,17?,18+,19?,20?,21?/m0/s1. The molecule has 0 aromatic heterocycles. The van der Waals surface area contributed by atoms with E-state index in [-0.39, 0.29) is 6.10 Å². The topological polar surface area (TPSA) is 29.5 Å². The summed E-state index contributed by atoms with van der Waals surface area (Å²) < 4.78 is 5.20.